The van der Waals surface area contributed by atoms with Crippen LogP contribution in [0.2, 0.25) is 0 Å². The second-order valence-electron chi connectivity index (χ2n) is 5.24. The highest BCUT2D eigenvalue weighted by molar-refractivity contribution is 5.92. The minimum atomic E-state index is 0.189. The Hall–Kier alpha value is -0.590. The Morgan fingerprint density at radius 2 is 2.07 bits per heavy atom. The first-order valence-electron chi connectivity index (χ1n) is 5.65. The van der Waals surface area contributed by atoms with Gasteiger partial charge in [-0.05, 0) is 37.2 Å². The molecule has 0 heterocycles. The molecule has 1 aliphatic rings. The molecule has 14 heavy (non-hydrogen) atoms. The van der Waals surface area contributed by atoms with Gasteiger partial charge in [-0.15, -0.1) is 0 Å². The van der Waals surface area contributed by atoms with Crippen LogP contribution in [0.25, 0.3) is 0 Å². The third-order valence-electron chi connectivity index (χ3n) is 3.53. The van der Waals surface area contributed by atoms with Crippen LogP contribution in [0.5, 0.6) is 0 Å². The second kappa shape index (κ2) is 4.29. The van der Waals surface area contributed by atoms with Crippen LogP contribution in [0.4, 0.5) is 0 Å². The Bertz CT molecular complexity index is 238. The van der Waals surface area contributed by atoms with Crippen molar-refractivity contribution in [1.82, 2.24) is 0 Å². The molecule has 0 N–H and O–H groups in total. The van der Waals surface area contributed by atoms with Gasteiger partial charge in [0.1, 0.15) is 0 Å². The molecule has 0 radical (unpaired) electrons. The van der Waals surface area contributed by atoms with E-state index in [0.717, 1.165) is 0 Å². The van der Waals surface area contributed by atoms with Crippen molar-refractivity contribution in [3.8, 4) is 0 Å². The van der Waals surface area contributed by atoms with Gasteiger partial charge in [0.05, 0.1) is 0 Å². The van der Waals surface area contributed by atoms with E-state index in [4.69, 9.17) is 0 Å². The van der Waals surface area contributed by atoms with Gasteiger partial charge < -0.3 is 0 Å². The molecular weight excluding hydrogens is 172 g/mol. The number of hydrogen-bond donors (Lipinski definition) is 0. The monoisotopic (exact) mass is 194 g/mol. The molecule has 1 rings (SSSR count). The van der Waals surface area contributed by atoms with Crippen LogP contribution in [0.1, 0.15) is 47.0 Å². The molecule has 0 aromatic carbocycles. The number of ketones is 1. The predicted octanol–water partition coefficient (Wildman–Crippen LogP) is 3.59. The van der Waals surface area contributed by atoms with Crippen LogP contribution in [-0.2, 0) is 4.79 Å². The maximum atomic E-state index is 11.9. The Morgan fingerprint density at radius 1 is 1.43 bits per heavy atom. The lowest BCUT2D eigenvalue weighted by molar-refractivity contribution is -0.125. The van der Waals surface area contributed by atoms with Crippen molar-refractivity contribution in [1.29, 1.82) is 0 Å². The lowest BCUT2D eigenvalue weighted by atomic mass is 9.62. The highest BCUT2D eigenvalue weighted by atomic mass is 16.1. The fourth-order valence-electron chi connectivity index (χ4n) is 2.91. The van der Waals surface area contributed by atoms with E-state index in [0.29, 0.717) is 11.7 Å². The summed E-state index contributed by atoms with van der Waals surface area (Å²) >= 11 is 0. The van der Waals surface area contributed by atoms with Gasteiger partial charge in [0.2, 0.25) is 0 Å². The average molecular weight is 194 g/mol. The van der Waals surface area contributed by atoms with Crippen LogP contribution in [0.15, 0.2) is 12.2 Å². The van der Waals surface area contributed by atoms with Gasteiger partial charge >= 0.3 is 0 Å². The molecule has 1 nitrogen and oxygen atoms in total. The minimum Gasteiger partial charge on any atom is -0.295 e. The number of carbonyl (C=O) groups excluding carboxylic acids is 1. The first-order chi connectivity index (χ1) is 6.49. The summed E-state index contributed by atoms with van der Waals surface area (Å²) in [5, 5.41) is 0. The Labute approximate surface area is 87.6 Å². The van der Waals surface area contributed by atoms with Crippen molar-refractivity contribution < 1.29 is 4.79 Å². The molecule has 1 fully saturated rings. The molecule has 0 amide bonds. The summed E-state index contributed by atoms with van der Waals surface area (Å²) in [5.74, 6) is 1.10. The summed E-state index contributed by atoms with van der Waals surface area (Å²) in [6, 6.07) is 0. The number of allylic oxidation sites excluding steroid dienone is 2. The highest BCUT2D eigenvalue weighted by Crippen LogP contribution is 2.44. The molecule has 1 saturated carbocycles. The van der Waals surface area contributed by atoms with Crippen molar-refractivity contribution in [3.05, 3.63) is 12.2 Å². The average Bonchev–Trinajstić information content (AvgIpc) is 2.02. The molecular formula is C13H22O. The fraction of sp³-hybridized carbons (Fsp3) is 0.769. The van der Waals surface area contributed by atoms with Crippen molar-refractivity contribution in [2.75, 3.05) is 0 Å². The van der Waals surface area contributed by atoms with Crippen LogP contribution in [0.3, 0.4) is 0 Å². The van der Waals surface area contributed by atoms with Gasteiger partial charge in [-0.1, -0.05) is 33.3 Å². The van der Waals surface area contributed by atoms with Gasteiger partial charge in [-0.3, -0.25) is 4.79 Å². The third-order valence-corrected chi connectivity index (χ3v) is 3.53. The summed E-state index contributed by atoms with van der Waals surface area (Å²) < 4.78 is 0. The number of hydrogen-bond acceptors (Lipinski definition) is 1. The van der Waals surface area contributed by atoms with E-state index < -0.39 is 0 Å². The molecule has 0 saturated heterocycles. The van der Waals surface area contributed by atoms with E-state index in [1.54, 1.807) is 6.08 Å². The quantitative estimate of drug-likeness (QED) is 0.614. The molecule has 0 aliphatic heterocycles. The summed E-state index contributed by atoms with van der Waals surface area (Å²) in [6.07, 6.45) is 7.27. The lowest BCUT2D eigenvalue weighted by Crippen LogP contribution is -2.38. The van der Waals surface area contributed by atoms with Crippen LogP contribution in [-0.4, -0.2) is 5.78 Å². The maximum absolute atomic E-state index is 11.9. The summed E-state index contributed by atoms with van der Waals surface area (Å²) in [6.45, 7) is 8.59. The van der Waals surface area contributed by atoms with Crippen LogP contribution < -0.4 is 0 Å². The molecule has 0 aromatic heterocycles. The molecule has 2 unspecified atom stereocenters. The maximum Gasteiger partial charge on any atom is 0.159 e. The van der Waals surface area contributed by atoms with Crippen LogP contribution >= 0.6 is 0 Å². The van der Waals surface area contributed by atoms with Crippen molar-refractivity contribution in [2.24, 2.45) is 17.3 Å². The predicted molar refractivity (Wildman–Crippen MR) is 60.1 cm³/mol. The van der Waals surface area contributed by atoms with Gasteiger partial charge in [-0.25, -0.2) is 0 Å². The van der Waals surface area contributed by atoms with Crippen molar-refractivity contribution >= 4 is 5.78 Å². The lowest BCUT2D eigenvalue weighted by Gasteiger charge is -2.41. The smallest absolute Gasteiger partial charge is 0.159 e. The van der Waals surface area contributed by atoms with E-state index in [1.165, 1.54) is 19.3 Å². The fourth-order valence-corrected chi connectivity index (χ4v) is 2.91. The molecule has 0 bridgehead atoms. The summed E-state index contributed by atoms with van der Waals surface area (Å²) in [7, 11) is 0. The minimum absolute atomic E-state index is 0.189. The van der Waals surface area contributed by atoms with E-state index in [-0.39, 0.29) is 11.3 Å². The summed E-state index contributed by atoms with van der Waals surface area (Å²) in [4.78, 5) is 11.9. The molecule has 80 valence electrons. The van der Waals surface area contributed by atoms with E-state index >= 15 is 0 Å². The van der Waals surface area contributed by atoms with E-state index in [1.807, 2.05) is 13.0 Å². The van der Waals surface area contributed by atoms with E-state index in [9.17, 15) is 4.79 Å². The van der Waals surface area contributed by atoms with E-state index in [2.05, 4.69) is 20.8 Å². The van der Waals surface area contributed by atoms with Gasteiger partial charge in [-0.2, -0.15) is 0 Å². The van der Waals surface area contributed by atoms with Crippen LogP contribution in [0, 0.1) is 17.3 Å². The Balaban J connectivity index is 2.85. The van der Waals surface area contributed by atoms with Gasteiger partial charge in [0.15, 0.2) is 5.78 Å². The second-order valence-corrected chi connectivity index (χ2v) is 5.24. The number of rotatable bonds is 2. The van der Waals surface area contributed by atoms with Gasteiger partial charge in [0, 0.05) is 5.92 Å². The molecule has 0 spiro atoms. The largest absolute Gasteiger partial charge is 0.295 e. The van der Waals surface area contributed by atoms with Gasteiger partial charge in [0.25, 0.3) is 0 Å². The Kier molecular flexibility index (Phi) is 3.52. The highest BCUT2D eigenvalue weighted by Gasteiger charge is 2.40. The standard InChI is InChI=1S/C13H22O/c1-5-7-11(14)12-10(2)8-6-9-13(12,3)4/h5,7,10,12H,6,8-9H2,1-4H3/b7-5+. The summed E-state index contributed by atoms with van der Waals surface area (Å²) in [5.41, 5.74) is 0.189. The zero-order chi connectivity index (χ0) is 10.8. The molecule has 1 heteroatoms. The molecule has 2 atom stereocenters. The molecule has 0 aromatic rings. The van der Waals surface area contributed by atoms with Crippen molar-refractivity contribution in [2.45, 2.75) is 47.0 Å². The first kappa shape index (κ1) is 11.5. The Morgan fingerprint density at radius 3 is 2.57 bits per heavy atom. The normalized spacial score (nSPS) is 32.0. The topological polar surface area (TPSA) is 17.1 Å². The zero-order valence-electron chi connectivity index (χ0n) is 9.84. The SMILES string of the molecule is C/C=C/C(=O)C1C(C)CCCC1(C)C. The zero-order valence-corrected chi connectivity index (χ0v) is 9.84. The number of carbonyl (C=O) groups is 1. The molecule has 1 aliphatic carbocycles. The first-order valence-corrected chi connectivity index (χ1v) is 5.65. The third kappa shape index (κ3) is 2.26. The van der Waals surface area contributed by atoms with Crippen molar-refractivity contribution in [3.63, 3.8) is 0 Å².